The Morgan fingerprint density at radius 2 is 1.90 bits per heavy atom. The summed E-state index contributed by atoms with van der Waals surface area (Å²) >= 11 is 0. The number of carboxylic acid groups (broad SMARTS) is 1. The van der Waals surface area contributed by atoms with Crippen molar-refractivity contribution >= 4 is 17.9 Å². The molecule has 0 aliphatic heterocycles. The number of aromatic carboxylic acids is 1. The monoisotopic (exact) mass is 283 g/mol. The zero-order chi connectivity index (χ0) is 15.5. The van der Waals surface area contributed by atoms with Crippen LogP contribution in [0.25, 0.3) is 0 Å². The highest BCUT2D eigenvalue weighted by molar-refractivity contribution is 5.94. The van der Waals surface area contributed by atoms with E-state index < -0.39 is 23.3 Å². The SMILES string of the molecule is CNC(=O)NC(=O)Cn1nnc(C(=O)O)c1C(C)(C)C. The third-order valence-corrected chi connectivity index (χ3v) is 2.42. The summed E-state index contributed by atoms with van der Waals surface area (Å²) in [7, 11) is 1.38. The third kappa shape index (κ3) is 3.53. The maximum Gasteiger partial charge on any atom is 0.358 e. The molecule has 0 saturated heterocycles. The number of urea groups is 1. The van der Waals surface area contributed by atoms with Crippen molar-refractivity contribution in [2.75, 3.05) is 7.05 Å². The van der Waals surface area contributed by atoms with Gasteiger partial charge < -0.3 is 10.4 Å². The average molecular weight is 283 g/mol. The highest BCUT2D eigenvalue weighted by Gasteiger charge is 2.29. The molecule has 3 N–H and O–H groups in total. The molecule has 0 spiro atoms. The topological polar surface area (TPSA) is 126 Å². The van der Waals surface area contributed by atoms with Gasteiger partial charge in [-0.05, 0) is 0 Å². The van der Waals surface area contributed by atoms with Gasteiger partial charge in [0.2, 0.25) is 5.91 Å². The Hall–Kier alpha value is -2.45. The summed E-state index contributed by atoms with van der Waals surface area (Å²) in [6, 6.07) is -0.647. The van der Waals surface area contributed by atoms with Crippen molar-refractivity contribution in [1.29, 1.82) is 0 Å². The van der Waals surface area contributed by atoms with Crippen molar-refractivity contribution in [3.63, 3.8) is 0 Å². The Morgan fingerprint density at radius 3 is 2.35 bits per heavy atom. The molecule has 0 unspecified atom stereocenters. The lowest BCUT2D eigenvalue weighted by Gasteiger charge is -2.20. The van der Waals surface area contributed by atoms with Crippen LogP contribution in [0.15, 0.2) is 0 Å². The number of rotatable bonds is 3. The fourth-order valence-corrected chi connectivity index (χ4v) is 1.67. The lowest BCUT2D eigenvalue weighted by Crippen LogP contribution is -2.40. The summed E-state index contributed by atoms with van der Waals surface area (Å²) in [6.45, 7) is 5.06. The van der Waals surface area contributed by atoms with Crippen molar-refractivity contribution in [3.05, 3.63) is 11.4 Å². The molecule has 0 atom stereocenters. The van der Waals surface area contributed by atoms with E-state index in [9.17, 15) is 14.4 Å². The van der Waals surface area contributed by atoms with Gasteiger partial charge in [0.1, 0.15) is 6.54 Å². The Labute approximate surface area is 115 Å². The standard InChI is InChI=1S/C11H17N5O4/c1-11(2,3)8-7(9(18)19)14-15-16(8)5-6(17)13-10(20)12-4/h5H2,1-4H3,(H,18,19)(H2,12,13,17,20). The second kappa shape index (κ2) is 5.68. The van der Waals surface area contributed by atoms with Crippen LogP contribution in [0, 0.1) is 0 Å². The first-order chi connectivity index (χ1) is 9.16. The third-order valence-electron chi connectivity index (χ3n) is 2.42. The van der Waals surface area contributed by atoms with Gasteiger partial charge >= 0.3 is 12.0 Å². The van der Waals surface area contributed by atoms with Crippen LogP contribution in [-0.2, 0) is 16.8 Å². The lowest BCUT2D eigenvalue weighted by atomic mass is 9.90. The van der Waals surface area contributed by atoms with Gasteiger partial charge in [-0.15, -0.1) is 5.10 Å². The smallest absolute Gasteiger partial charge is 0.358 e. The highest BCUT2D eigenvalue weighted by atomic mass is 16.4. The van der Waals surface area contributed by atoms with Gasteiger partial charge in [-0.1, -0.05) is 26.0 Å². The fraction of sp³-hybridized carbons (Fsp3) is 0.545. The van der Waals surface area contributed by atoms with Crippen LogP contribution >= 0.6 is 0 Å². The molecule has 0 aliphatic carbocycles. The number of nitrogens with zero attached hydrogens (tertiary/aromatic N) is 3. The number of amides is 3. The van der Waals surface area contributed by atoms with Crippen molar-refractivity contribution in [3.8, 4) is 0 Å². The average Bonchev–Trinajstić information content (AvgIpc) is 2.72. The molecule has 0 fully saturated rings. The van der Waals surface area contributed by atoms with Crippen molar-refractivity contribution in [2.24, 2.45) is 0 Å². The molecule has 1 heterocycles. The number of carbonyl (C=O) groups excluding carboxylic acids is 2. The highest BCUT2D eigenvalue weighted by Crippen LogP contribution is 2.24. The van der Waals surface area contributed by atoms with E-state index in [-0.39, 0.29) is 12.2 Å². The van der Waals surface area contributed by atoms with Crippen LogP contribution in [0.5, 0.6) is 0 Å². The lowest BCUT2D eigenvalue weighted by molar-refractivity contribution is -0.120. The molecular weight excluding hydrogens is 266 g/mol. The van der Waals surface area contributed by atoms with E-state index in [4.69, 9.17) is 5.11 Å². The Balaban J connectivity index is 3.05. The molecule has 9 nitrogen and oxygen atoms in total. The predicted molar refractivity (Wildman–Crippen MR) is 68.3 cm³/mol. The number of hydrogen-bond acceptors (Lipinski definition) is 5. The van der Waals surface area contributed by atoms with Crippen molar-refractivity contribution in [2.45, 2.75) is 32.7 Å². The second-order valence-corrected chi connectivity index (χ2v) is 5.13. The number of hydrogen-bond donors (Lipinski definition) is 3. The van der Waals surface area contributed by atoms with Crippen LogP contribution < -0.4 is 10.6 Å². The number of imide groups is 1. The van der Waals surface area contributed by atoms with Crippen LogP contribution in [0.3, 0.4) is 0 Å². The second-order valence-electron chi connectivity index (χ2n) is 5.13. The van der Waals surface area contributed by atoms with Gasteiger partial charge in [0.05, 0.1) is 5.69 Å². The van der Waals surface area contributed by atoms with Gasteiger partial charge in [0, 0.05) is 12.5 Å². The number of nitrogens with one attached hydrogen (secondary N) is 2. The number of carboxylic acids is 1. The molecule has 3 amide bonds. The van der Waals surface area contributed by atoms with Gasteiger partial charge in [0.25, 0.3) is 0 Å². The van der Waals surface area contributed by atoms with E-state index in [2.05, 4.69) is 20.9 Å². The van der Waals surface area contributed by atoms with Gasteiger partial charge in [-0.2, -0.15) is 0 Å². The molecule has 1 aromatic rings. The van der Waals surface area contributed by atoms with Crippen molar-refractivity contribution < 1.29 is 19.5 Å². The van der Waals surface area contributed by atoms with Crippen LogP contribution in [0.4, 0.5) is 4.79 Å². The molecule has 0 saturated carbocycles. The van der Waals surface area contributed by atoms with Gasteiger partial charge in [-0.3, -0.25) is 10.1 Å². The van der Waals surface area contributed by atoms with Gasteiger partial charge in [0.15, 0.2) is 5.69 Å². The minimum Gasteiger partial charge on any atom is -0.476 e. The predicted octanol–water partition coefficient (Wildman–Crippen LogP) is -0.271. The molecule has 0 aliphatic rings. The molecule has 1 rings (SSSR count). The van der Waals surface area contributed by atoms with E-state index in [0.717, 1.165) is 0 Å². The normalized spacial score (nSPS) is 11.0. The Bertz CT molecular complexity index is 543. The van der Waals surface area contributed by atoms with E-state index in [1.165, 1.54) is 11.7 Å². The quantitative estimate of drug-likeness (QED) is 0.701. The first-order valence-electron chi connectivity index (χ1n) is 5.85. The van der Waals surface area contributed by atoms with Crippen LogP contribution in [-0.4, -0.2) is 45.1 Å². The molecule has 0 radical (unpaired) electrons. The summed E-state index contributed by atoms with van der Waals surface area (Å²) in [6.07, 6.45) is 0. The minimum atomic E-state index is -1.21. The van der Waals surface area contributed by atoms with E-state index in [0.29, 0.717) is 5.69 Å². The first kappa shape index (κ1) is 15.6. The van der Waals surface area contributed by atoms with E-state index in [1.54, 1.807) is 20.8 Å². The van der Waals surface area contributed by atoms with Crippen molar-refractivity contribution in [1.82, 2.24) is 25.6 Å². The van der Waals surface area contributed by atoms with Gasteiger partial charge in [-0.25, -0.2) is 14.3 Å². The molecule has 20 heavy (non-hydrogen) atoms. The van der Waals surface area contributed by atoms with Crippen LogP contribution in [0.1, 0.15) is 37.0 Å². The van der Waals surface area contributed by atoms with Crippen LogP contribution in [0.2, 0.25) is 0 Å². The zero-order valence-electron chi connectivity index (χ0n) is 11.7. The maximum absolute atomic E-state index is 11.6. The zero-order valence-corrected chi connectivity index (χ0v) is 11.7. The summed E-state index contributed by atoms with van der Waals surface area (Å²) in [4.78, 5) is 33.8. The summed E-state index contributed by atoms with van der Waals surface area (Å²) in [5, 5.41) is 20.6. The molecule has 1 aromatic heterocycles. The first-order valence-corrected chi connectivity index (χ1v) is 5.85. The molecule has 110 valence electrons. The number of carbonyl (C=O) groups is 3. The molecular formula is C11H17N5O4. The minimum absolute atomic E-state index is 0.203. The Kier molecular flexibility index (Phi) is 4.43. The summed E-state index contributed by atoms with van der Waals surface area (Å²) in [5.41, 5.74) is -0.452. The number of aromatic nitrogens is 3. The van der Waals surface area contributed by atoms with E-state index >= 15 is 0 Å². The Morgan fingerprint density at radius 1 is 1.30 bits per heavy atom. The fourth-order valence-electron chi connectivity index (χ4n) is 1.67. The summed E-state index contributed by atoms with van der Waals surface area (Å²) < 4.78 is 1.18. The maximum atomic E-state index is 11.6. The summed E-state index contributed by atoms with van der Waals surface area (Å²) in [5.74, 6) is -1.83. The molecule has 0 aromatic carbocycles. The van der Waals surface area contributed by atoms with E-state index in [1.807, 2.05) is 0 Å². The molecule has 0 bridgehead atoms. The molecule has 9 heteroatoms. The largest absolute Gasteiger partial charge is 0.476 e.